The Morgan fingerprint density at radius 2 is 1.96 bits per heavy atom. The minimum Gasteiger partial charge on any atom is -0.366 e. The second kappa shape index (κ2) is 5.93. The molecule has 9 nitrogen and oxygen atoms in total. The molecule has 0 bridgehead atoms. The van der Waals surface area contributed by atoms with Crippen LogP contribution in [0.25, 0.3) is 5.65 Å². The summed E-state index contributed by atoms with van der Waals surface area (Å²) >= 11 is 0. The van der Waals surface area contributed by atoms with E-state index in [4.69, 9.17) is 0 Å². The van der Waals surface area contributed by atoms with E-state index in [-0.39, 0.29) is 17.2 Å². The van der Waals surface area contributed by atoms with Crippen LogP contribution in [0.3, 0.4) is 0 Å². The van der Waals surface area contributed by atoms with Crippen LogP contribution in [0.5, 0.6) is 0 Å². The first kappa shape index (κ1) is 17.2. The molecule has 142 valence electrons. The molecule has 3 aromatic heterocycles. The first-order valence-electron chi connectivity index (χ1n) is 8.05. The molecule has 12 heteroatoms. The van der Waals surface area contributed by atoms with Gasteiger partial charge in [-0.15, -0.1) is 15.3 Å². The Labute approximate surface area is 150 Å². The molecule has 3 aromatic rings. The topological polar surface area (TPSA) is 84.5 Å². The fourth-order valence-corrected chi connectivity index (χ4v) is 2.88. The van der Waals surface area contributed by atoms with E-state index in [9.17, 15) is 18.0 Å². The molecule has 0 radical (unpaired) electrons. The summed E-state index contributed by atoms with van der Waals surface area (Å²) in [6, 6.07) is 4.58. The predicted molar refractivity (Wildman–Crippen MR) is 89.7 cm³/mol. The van der Waals surface area contributed by atoms with Gasteiger partial charge in [-0.1, -0.05) is 0 Å². The summed E-state index contributed by atoms with van der Waals surface area (Å²) in [5.74, 6) is -0.784. The summed E-state index contributed by atoms with van der Waals surface area (Å²) in [7, 11) is 3.33. The highest BCUT2D eigenvalue weighted by Crippen LogP contribution is 2.29. The van der Waals surface area contributed by atoms with Crippen molar-refractivity contribution in [2.75, 3.05) is 29.9 Å². The maximum Gasteiger partial charge on any atom is 0.453 e. The van der Waals surface area contributed by atoms with Crippen LogP contribution in [0.2, 0.25) is 0 Å². The molecule has 1 aliphatic heterocycles. The van der Waals surface area contributed by atoms with E-state index >= 15 is 0 Å². The first-order chi connectivity index (χ1) is 12.7. The zero-order valence-corrected chi connectivity index (χ0v) is 14.4. The van der Waals surface area contributed by atoms with E-state index in [1.807, 2.05) is 4.90 Å². The molecule has 0 atom stereocenters. The standard InChI is InChI=1S/C15H15F3N8O/c1-23(10-7-25(8-10)9-5-13(27)24(2)19-6-9)12-4-3-11-20-21-14(15(16,17)18)26(11)22-12/h3-6,10H,7-8H2,1-2H3. The van der Waals surface area contributed by atoms with Crippen molar-refractivity contribution < 1.29 is 13.2 Å². The summed E-state index contributed by atoms with van der Waals surface area (Å²) in [6.07, 6.45) is -3.03. The van der Waals surface area contributed by atoms with E-state index in [1.165, 1.54) is 16.8 Å². The van der Waals surface area contributed by atoms with Gasteiger partial charge in [-0.05, 0) is 12.1 Å². The lowest BCUT2D eigenvalue weighted by Crippen LogP contribution is -2.59. The second-order valence-corrected chi connectivity index (χ2v) is 6.33. The molecule has 0 saturated carbocycles. The highest BCUT2D eigenvalue weighted by Gasteiger charge is 2.38. The molecule has 0 unspecified atom stereocenters. The van der Waals surface area contributed by atoms with Gasteiger partial charge in [0.15, 0.2) is 5.65 Å². The molecule has 0 spiro atoms. The quantitative estimate of drug-likeness (QED) is 0.657. The number of halogens is 3. The van der Waals surface area contributed by atoms with Crippen LogP contribution < -0.4 is 15.4 Å². The predicted octanol–water partition coefficient (Wildman–Crippen LogP) is 0.562. The van der Waals surface area contributed by atoms with E-state index in [0.29, 0.717) is 29.1 Å². The maximum absolute atomic E-state index is 13.0. The molecule has 4 heterocycles. The van der Waals surface area contributed by atoms with Crippen molar-refractivity contribution >= 4 is 17.2 Å². The molecular weight excluding hydrogens is 365 g/mol. The van der Waals surface area contributed by atoms with Crippen molar-refractivity contribution in [2.45, 2.75) is 12.2 Å². The molecule has 1 fully saturated rings. The Kier molecular flexibility index (Phi) is 3.78. The second-order valence-electron chi connectivity index (χ2n) is 6.33. The van der Waals surface area contributed by atoms with Crippen molar-refractivity contribution in [3.63, 3.8) is 0 Å². The number of hydrogen-bond donors (Lipinski definition) is 0. The van der Waals surface area contributed by atoms with Crippen molar-refractivity contribution in [3.8, 4) is 0 Å². The number of hydrogen-bond acceptors (Lipinski definition) is 7. The smallest absolute Gasteiger partial charge is 0.366 e. The number of aryl methyl sites for hydroxylation is 1. The zero-order chi connectivity index (χ0) is 19.3. The van der Waals surface area contributed by atoms with E-state index < -0.39 is 12.0 Å². The normalized spacial score (nSPS) is 15.2. The molecule has 0 aromatic carbocycles. The van der Waals surface area contributed by atoms with Crippen LogP contribution in [0.4, 0.5) is 24.7 Å². The van der Waals surface area contributed by atoms with E-state index in [0.717, 1.165) is 0 Å². The first-order valence-corrected chi connectivity index (χ1v) is 8.05. The average Bonchev–Trinajstić information content (AvgIpc) is 3.00. The van der Waals surface area contributed by atoms with Gasteiger partial charge >= 0.3 is 6.18 Å². The third-order valence-electron chi connectivity index (χ3n) is 4.59. The van der Waals surface area contributed by atoms with Gasteiger partial charge in [-0.25, -0.2) is 4.68 Å². The molecule has 1 aliphatic rings. The van der Waals surface area contributed by atoms with Crippen molar-refractivity contribution in [1.29, 1.82) is 0 Å². The van der Waals surface area contributed by atoms with E-state index in [2.05, 4.69) is 20.4 Å². The van der Waals surface area contributed by atoms with Crippen LogP contribution in [-0.4, -0.2) is 55.8 Å². The largest absolute Gasteiger partial charge is 0.453 e. The summed E-state index contributed by atoms with van der Waals surface area (Å²) in [6.45, 7) is 1.19. The monoisotopic (exact) mass is 380 g/mol. The highest BCUT2D eigenvalue weighted by atomic mass is 19.4. The minimum absolute atomic E-state index is 0.0286. The van der Waals surface area contributed by atoms with Crippen LogP contribution in [0.1, 0.15) is 5.82 Å². The lowest BCUT2D eigenvalue weighted by atomic mass is 10.1. The Balaban J connectivity index is 1.53. The van der Waals surface area contributed by atoms with Gasteiger partial charge in [0.1, 0.15) is 5.82 Å². The molecule has 4 rings (SSSR count). The third kappa shape index (κ3) is 2.96. The minimum atomic E-state index is -4.64. The van der Waals surface area contributed by atoms with Crippen LogP contribution in [0.15, 0.2) is 29.2 Å². The van der Waals surface area contributed by atoms with E-state index in [1.54, 1.807) is 31.3 Å². The number of aromatic nitrogens is 6. The van der Waals surface area contributed by atoms with Crippen molar-refractivity contribution in [3.05, 3.63) is 40.6 Å². The lowest BCUT2D eigenvalue weighted by molar-refractivity contribution is -0.146. The highest BCUT2D eigenvalue weighted by molar-refractivity contribution is 5.52. The number of nitrogens with zero attached hydrogens (tertiary/aromatic N) is 8. The fraction of sp³-hybridized carbons (Fsp3) is 0.400. The van der Waals surface area contributed by atoms with Gasteiger partial charge in [0, 0.05) is 33.3 Å². The molecule has 0 N–H and O–H groups in total. The fourth-order valence-electron chi connectivity index (χ4n) is 2.88. The summed E-state index contributed by atoms with van der Waals surface area (Å²) < 4.78 is 41.0. The van der Waals surface area contributed by atoms with Gasteiger partial charge in [0.05, 0.1) is 17.9 Å². The molecule has 0 amide bonds. The van der Waals surface area contributed by atoms with Gasteiger partial charge in [0.25, 0.3) is 11.4 Å². The van der Waals surface area contributed by atoms with Gasteiger partial charge in [-0.2, -0.15) is 22.8 Å². The van der Waals surface area contributed by atoms with Gasteiger partial charge < -0.3 is 9.80 Å². The van der Waals surface area contributed by atoms with Crippen LogP contribution >= 0.6 is 0 Å². The van der Waals surface area contributed by atoms with Crippen LogP contribution in [0, 0.1) is 0 Å². The number of rotatable bonds is 3. The number of likely N-dealkylation sites (N-methyl/N-ethyl adjacent to an activating group) is 1. The summed E-state index contributed by atoms with van der Waals surface area (Å²) in [5, 5.41) is 14.7. The average molecular weight is 380 g/mol. The number of alkyl halides is 3. The van der Waals surface area contributed by atoms with Crippen LogP contribution in [-0.2, 0) is 13.2 Å². The number of fused-ring (bicyclic) bond motifs is 1. The zero-order valence-electron chi connectivity index (χ0n) is 14.4. The van der Waals surface area contributed by atoms with Gasteiger partial charge in [-0.3, -0.25) is 4.79 Å². The third-order valence-corrected chi connectivity index (χ3v) is 4.59. The number of anilines is 2. The lowest BCUT2D eigenvalue weighted by Gasteiger charge is -2.45. The Hall–Kier alpha value is -3.18. The summed E-state index contributed by atoms with van der Waals surface area (Å²) in [4.78, 5) is 15.4. The molecule has 1 saturated heterocycles. The summed E-state index contributed by atoms with van der Waals surface area (Å²) in [5.41, 5.74) is 0.536. The van der Waals surface area contributed by atoms with Crippen molar-refractivity contribution in [2.24, 2.45) is 7.05 Å². The Morgan fingerprint density at radius 1 is 1.22 bits per heavy atom. The van der Waals surface area contributed by atoms with Gasteiger partial charge in [0.2, 0.25) is 0 Å². The SMILES string of the molecule is CN(c1ccc2nnc(C(F)(F)F)n2n1)C1CN(c2cnn(C)c(=O)c2)C1. The Morgan fingerprint density at radius 3 is 2.63 bits per heavy atom. The van der Waals surface area contributed by atoms with Crippen molar-refractivity contribution in [1.82, 2.24) is 29.6 Å². The molecule has 0 aliphatic carbocycles. The molecule has 27 heavy (non-hydrogen) atoms. The maximum atomic E-state index is 13.0. The molecular formula is C15H15F3N8O. The Bertz CT molecular complexity index is 1050.